The van der Waals surface area contributed by atoms with Gasteiger partial charge in [-0.1, -0.05) is 31.5 Å². The van der Waals surface area contributed by atoms with Gasteiger partial charge in [0.2, 0.25) is 0 Å². The molecule has 0 aromatic heterocycles. The standard InChI is InChI=1S/C13H20N2/c1-4-5-10-15(11-14-3)13-9-7-6-8-12(13)2/h6-9,11H,4-5,10H2,1-3H3. The normalized spacial score (nSPS) is 10.9. The third kappa shape index (κ3) is 3.39. The molecule has 82 valence electrons. The smallest absolute Gasteiger partial charge is 0.0890 e. The molecular weight excluding hydrogens is 184 g/mol. The highest BCUT2D eigenvalue weighted by atomic mass is 15.1. The molecule has 0 aliphatic rings. The Morgan fingerprint density at radius 2 is 2.07 bits per heavy atom. The minimum atomic E-state index is 1.04. The molecule has 0 saturated heterocycles. The topological polar surface area (TPSA) is 15.6 Å². The Balaban J connectivity index is 2.83. The Kier molecular flexibility index (Phi) is 4.88. The van der Waals surface area contributed by atoms with Gasteiger partial charge in [-0.3, -0.25) is 4.99 Å². The summed E-state index contributed by atoms with van der Waals surface area (Å²) < 4.78 is 0. The Morgan fingerprint density at radius 3 is 2.67 bits per heavy atom. The van der Waals surface area contributed by atoms with Crippen molar-refractivity contribution < 1.29 is 0 Å². The third-order valence-corrected chi connectivity index (χ3v) is 2.43. The SMILES string of the molecule is CCCCN(C=NC)c1ccccc1C. The van der Waals surface area contributed by atoms with Gasteiger partial charge in [0.1, 0.15) is 0 Å². The van der Waals surface area contributed by atoms with Gasteiger partial charge in [0.15, 0.2) is 0 Å². The van der Waals surface area contributed by atoms with Gasteiger partial charge < -0.3 is 4.90 Å². The monoisotopic (exact) mass is 204 g/mol. The van der Waals surface area contributed by atoms with E-state index >= 15 is 0 Å². The number of benzene rings is 1. The lowest BCUT2D eigenvalue weighted by Crippen LogP contribution is -2.23. The van der Waals surface area contributed by atoms with Crippen LogP contribution in [0.5, 0.6) is 0 Å². The molecule has 0 N–H and O–H groups in total. The fourth-order valence-electron chi connectivity index (χ4n) is 1.59. The first-order chi connectivity index (χ1) is 7.29. The maximum absolute atomic E-state index is 4.11. The summed E-state index contributed by atoms with van der Waals surface area (Å²) in [5.41, 5.74) is 2.56. The number of anilines is 1. The van der Waals surface area contributed by atoms with Crippen LogP contribution in [0, 0.1) is 6.92 Å². The van der Waals surface area contributed by atoms with Gasteiger partial charge in [-0.2, -0.15) is 0 Å². The van der Waals surface area contributed by atoms with E-state index in [0.717, 1.165) is 6.54 Å². The van der Waals surface area contributed by atoms with Crippen LogP contribution in [0.3, 0.4) is 0 Å². The number of unbranched alkanes of at least 4 members (excludes halogenated alkanes) is 1. The largest absolute Gasteiger partial charge is 0.333 e. The predicted octanol–water partition coefficient (Wildman–Crippen LogP) is 3.26. The summed E-state index contributed by atoms with van der Waals surface area (Å²) in [6, 6.07) is 8.43. The van der Waals surface area contributed by atoms with Crippen molar-refractivity contribution in [2.75, 3.05) is 18.5 Å². The van der Waals surface area contributed by atoms with Gasteiger partial charge in [0.05, 0.1) is 6.34 Å². The van der Waals surface area contributed by atoms with E-state index in [4.69, 9.17) is 0 Å². The van der Waals surface area contributed by atoms with E-state index in [1.54, 1.807) is 0 Å². The number of nitrogens with zero attached hydrogens (tertiary/aromatic N) is 2. The van der Waals surface area contributed by atoms with Crippen LogP contribution in [0.2, 0.25) is 0 Å². The van der Waals surface area contributed by atoms with E-state index in [-0.39, 0.29) is 0 Å². The van der Waals surface area contributed by atoms with Crippen LogP contribution in [0.4, 0.5) is 5.69 Å². The van der Waals surface area contributed by atoms with Gasteiger partial charge in [-0.05, 0) is 25.0 Å². The molecule has 1 rings (SSSR count). The van der Waals surface area contributed by atoms with Gasteiger partial charge >= 0.3 is 0 Å². The minimum Gasteiger partial charge on any atom is -0.333 e. The molecule has 0 fully saturated rings. The predicted molar refractivity (Wildman–Crippen MR) is 67.8 cm³/mol. The maximum atomic E-state index is 4.11. The summed E-state index contributed by atoms with van der Waals surface area (Å²) >= 11 is 0. The average Bonchev–Trinajstić information content (AvgIpc) is 2.25. The number of hydrogen-bond acceptors (Lipinski definition) is 1. The van der Waals surface area contributed by atoms with Crippen molar-refractivity contribution >= 4 is 12.0 Å². The Bertz CT molecular complexity index is 318. The van der Waals surface area contributed by atoms with Crippen LogP contribution in [0.25, 0.3) is 0 Å². The molecule has 0 unspecified atom stereocenters. The van der Waals surface area contributed by atoms with Crippen molar-refractivity contribution in [2.45, 2.75) is 26.7 Å². The average molecular weight is 204 g/mol. The maximum Gasteiger partial charge on any atom is 0.0890 e. The van der Waals surface area contributed by atoms with Crippen LogP contribution >= 0.6 is 0 Å². The van der Waals surface area contributed by atoms with Crippen molar-refractivity contribution in [2.24, 2.45) is 4.99 Å². The minimum absolute atomic E-state index is 1.04. The number of aryl methyl sites for hydroxylation is 1. The second kappa shape index (κ2) is 6.23. The molecule has 2 nitrogen and oxygen atoms in total. The molecule has 0 heterocycles. The molecule has 0 aliphatic carbocycles. The highest BCUT2D eigenvalue weighted by Gasteiger charge is 2.04. The van der Waals surface area contributed by atoms with E-state index in [1.165, 1.54) is 24.1 Å². The van der Waals surface area contributed by atoms with E-state index in [0.29, 0.717) is 0 Å². The summed E-state index contributed by atoms with van der Waals surface area (Å²) in [7, 11) is 1.82. The second-order valence-corrected chi connectivity index (χ2v) is 3.71. The zero-order valence-corrected chi connectivity index (χ0v) is 9.90. The zero-order valence-electron chi connectivity index (χ0n) is 9.90. The van der Waals surface area contributed by atoms with E-state index in [9.17, 15) is 0 Å². The lowest BCUT2D eigenvalue weighted by atomic mass is 10.2. The van der Waals surface area contributed by atoms with Crippen molar-refractivity contribution in [1.29, 1.82) is 0 Å². The zero-order chi connectivity index (χ0) is 11.1. The second-order valence-electron chi connectivity index (χ2n) is 3.71. The molecule has 0 aliphatic heterocycles. The molecule has 1 aromatic carbocycles. The van der Waals surface area contributed by atoms with Crippen molar-refractivity contribution in [1.82, 2.24) is 0 Å². The molecule has 0 amide bonds. The Labute approximate surface area is 92.6 Å². The summed E-state index contributed by atoms with van der Waals surface area (Å²) in [6.45, 7) is 5.38. The molecule has 0 atom stereocenters. The Morgan fingerprint density at radius 1 is 1.33 bits per heavy atom. The molecule has 0 bridgehead atoms. The van der Waals surface area contributed by atoms with Crippen molar-refractivity contribution in [3.8, 4) is 0 Å². The van der Waals surface area contributed by atoms with Crippen LogP contribution < -0.4 is 4.90 Å². The number of hydrogen-bond donors (Lipinski definition) is 0. The summed E-state index contributed by atoms with van der Waals surface area (Å²) in [5.74, 6) is 0. The molecule has 15 heavy (non-hydrogen) atoms. The first-order valence-corrected chi connectivity index (χ1v) is 5.54. The van der Waals surface area contributed by atoms with E-state index in [1.807, 2.05) is 13.4 Å². The van der Waals surface area contributed by atoms with Gasteiger partial charge in [0.25, 0.3) is 0 Å². The fraction of sp³-hybridized carbons (Fsp3) is 0.462. The first-order valence-electron chi connectivity index (χ1n) is 5.54. The van der Waals surface area contributed by atoms with Gasteiger partial charge in [0, 0.05) is 19.3 Å². The van der Waals surface area contributed by atoms with Crippen LogP contribution in [0.15, 0.2) is 29.3 Å². The summed E-state index contributed by atoms with van der Waals surface area (Å²) in [5, 5.41) is 0. The van der Waals surface area contributed by atoms with Gasteiger partial charge in [-0.25, -0.2) is 0 Å². The molecule has 0 saturated carbocycles. The molecule has 0 spiro atoms. The first kappa shape index (κ1) is 11.8. The third-order valence-electron chi connectivity index (χ3n) is 2.43. The molecule has 0 radical (unpaired) electrons. The molecule has 2 heteroatoms. The number of aliphatic imine (C=N–C) groups is 1. The lowest BCUT2D eigenvalue weighted by Gasteiger charge is -2.21. The van der Waals surface area contributed by atoms with Crippen LogP contribution in [0.1, 0.15) is 25.3 Å². The highest BCUT2D eigenvalue weighted by molar-refractivity contribution is 5.80. The number of rotatable bonds is 5. The summed E-state index contributed by atoms with van der Waals surface area (Å²) in [6.07, 6.45) is 4.32. The van der Waals surface area contributed by atoms with Crippen molar-refractivity contribution in [3.05, 3.63) is 29.8 Å². The number of para-hydroxylation sites is 1. The van der Waals surface area contributed by atoms with Crippen LogP contribution in [-0.4, -0.2) is 19.9 Å². The fourth-order valence-corrected chi connectivity index (χ4v) is 1.59. The lowest BCUT2D eigenvalue weighted by molar-refractivity contribution is 0.797. The van der Waals surface area contributed by atoms with Gasteiger partial charge in [-0.15, -0.1) is 0 Å². The summed E-state index contributed by atoms with van der Waals surface area (Å²) in [4.78, 5) is 6.33. The highest BCUT2D eigenvalue weighted by Crippen LogP contribution is 2.18. The molecule has 1 aromatic rings. The molecular formula is C13H20N2. The Hall–Kier alpha value is -1.31. The van der Waals surface area contributed by atoms with Crippen molar-refractivity contribution in [3.63, 3.8) is 0 Å². The van der Waals surface area contributed by atoms with E-state index < -0.39 is 0 Å². The van der Waals surface area contributed by atoms with E-state index in [2.05, 4.69) is 48.0 Å². The quantitative estimate of drug-likeness (QED) is 0.531. The van der Waals surface area contributed by atoms with Crippen LogP contribution in [-0.2, 0) is 0 Å².